The number of hydrogen-bond donors (Lipinski definition) is 2. The van der Waals surface area contributed by atoms with Crippen LogP contribution in [0.2, 0.25) is 0 Å². The van der Waals surface area contributed by atoms with Crippen LogP contribution >= 0.6 is 0 Å². The number of fused-ring (bicyclic) bond motifs is 1. The van der Waals surface area contributed by atoms with Gasteiger partial charge in [0.2, 0.25) is 0 Å². The molecule has 0 spiro atoms. The molecule has 0 saturated carbocycles. The van der Waals surface area contributed by atoms with Crippen LogP contribution in [0.25, 0.3) is 0 Å². The fourth-order valence-electron chi connectivity index (χ4n) is 2.07. The summed E-state index contributed by atoms with van der Waals surface area (Å²) in [6.07, 6.45) is 2.49. The first kappa shape index (κ1) is 8.42. The molecule has 1 aromatic carbocycles. The Bertz CT molecular complexity index is 307. The second kappa shape index (κ2) is 3.29. The molecule has 1 aliphatic rings. The normalized spacial score (nSPS) is 19.6. The lowest BCUT2D eigenvalue weighted by Gasteiger charge is -2.07. The summed E-state index contributed by atoms with van der Waals surface area (Å²) in [7, 11) is 0. The van der Waals surface area contributed by atoms with Gasteiger partial charge in [-0.25, -0.2) is 0 Å². The second-order valence-electron chi connectivity index (χ2n) is 3.68. The molecular formula is C11H16N2. The quantitative estimate of drug-likeness (QED) is 0.680. The number of para-hydroxylation sites is 1. The van der Waals surface area contributed by atoms with Crippen molar-refractivity contribution in [2.75, 3.05) is 17.6 Å². The maximum absolute atomic E-state index is 5.87. The molecule has 2 rings (SSSR count). The van der Waals surface area contributed by atoms with Crippen molar-refractivity contribution in [1.82, 2.24) is 0 Å². The molecule has 0 unspecified atom stereocenters. The molecule has 1 atom stereocenters. The van der Waals surface area contributed by atoms with E-state index in [4.69, 9.17) is 5.73 Å². The Morgan fingerprint density at radius 1 is 1.54 bits per heavy atom. The van der Waals surface area contributed by atoms with Crippen LogP contribution in [0.15, 0.2) is 18.2 Å². The number of hydrogen-bond acceptors (Lipinski definition) is 2. The average molecular weight is 176 g/mol. The van der Waals surface area contributed by atoms with Crippen molar-refractivity contribution in [3.63, 3.8) is 0 Å². The van der Waals surface area contributed by atoms with E-state index in [0.717, 1.165) is 12.2 Å². The van der Waals surface area contributed by atoms with Crippen LogP contribution in [0.5, 0.6) is 0 Å². The molecule has 0 radical (unpaired) electrons. The number of nitrogen functional groups attached to an aromatic ring is 1. The summed E-state index contributed by atoms with van der Waals surface area (Å²) in [5.41, 5.74) is 9.33. The Kier molecular flexibility index (Phi) is 2.13. The molecule has 0 bridgehead atoms. The van der Waals surface area contributed by atoms with Gasteiger partial charge in [0, 0.05) is 12.5 Å². The Morgan fingerprint density at radius 2 is 2.38 bits per heavy atom. The summed E-state index contributed by atoms with van der Waals surface area (Å²) in [6.45, 7) is 3.28. The molecule has 0 aliphatic carbocycles. The standard InChI is InChI=1S/C11H16N2/c1-2-4-8-7-13-11-9(8)5-3-6-10(11)12/h3,5-6,8,13H,2,4,7,12H2,1H3/t8-/m1/s1. The molecule has 1 heterocycles. The Balaban J connectivity index is 2.32. The van der Waals surface area contributed by atoms with Crippen LogP contribution < -0.4 is 11.1 Å². The number of rotatable bonds is 2. The van der Waals surface area contributed by atoms with Crippen LogP contribution in [0.4, 0.5) is 11.4 Å². The number of anilines is 2. The van der Waals surface area contributed by atoms with E-state index >= 15 is 0 Å². The molecule has 0 fully saturated rings. The zero-order valence-corrected chi connectivity index (χ0v) is 8.01. The maximum Gasteiger partial charge on any atom is 0.0610 e. The van der Waals surface area contributed by atoms with Gasteiger partial charge in [0.25, 0.3) is 0 Å². The zero-order chi connectivity index (χ0) is 9.26. The van der Waals surface area contributed by atoms with E-state index < -0.39 is 0 Å². The summed E-state index contributed by atoms with van der Waals surface area (Å²) >= 11 is 0. The molecule has 0 aromatic heterocycles. The van der Waals surface area contributed by atoms with Gasteiger partial charge in [0.15, 0.2) is 0 Å². The van der Waals surface area contributed by atoms with Gasteiger partial charge in [-0.2, -0.15) is 0 Å². The third-order valence-corrected chi connectivity index (χ3v) is 2.73. The third-order valence-electron chi connectivity index (χ3n) is 2.73. The first-order chi connectivity index (χ1) is 6.33. The Labute approximate surface area is 79.1 Å². The predicted octanol–water partition coefficient (Wildman–Crippen LogP) is 2.58. The van der Waals surface area contributed by atoms with E-state index in [0.29, 0.717) is 5.92 Å². The second-order valence-corrected chi connectivity index (χ2v) is 3.68. The lowest BCUT2D eigenvalue weighted by molar-refractivity contribution is 0.661. The highest BCUT2D eigenvalue weighted by Crippen LogP contribution is 2.37. The van der Waals surface area contributed by atoms with Gasteiger partial charge < -0.3 is 11.1 Å². The van der Waals surface area contributed by atoms with Gasteiger partial charge in [-0.3, -0.25) is 0 Å². The predicted molar refractivity (Wildman–Crippen MR) is 57.0 cm³/mol. The molecule has 70 valence electrons. The van der Waals surface area contributed by atoms with Gasteiger partial charge in [-0.05, 0) is 18.1 Å². The van der Waals surface area contributed by atoms with E-state index in [1.807, 2.05) is 12.1 Å². The Morgan fingerprint density at radius 3 is 3.15 bits per heavy atom. The molecule has 1 aromatic rings. The monoisotopic (exact) mass is 176 g/mol. The summed E-state index contributed by atoms with van der Waals surface area (Å²) < 4.78 is 0. The third kappa shape index (κ3) is 1.37. The minimum Gasteiger partial charge on any atom is -0.397 e. The minimum atomic E-state index is 0.670. The minimum absolute atomic E-state index is 0.670. The molecule has 13 heavy (non-hydrogen) atoms. The van der Waals surface area contributed by atoms with Crippen molar-refractivity contribution in [3.05, 3.63) is 23.8 Å². The molecular weight excluding hydrogens is 160 g/mol. The highest BCUT2D eigenvalue weighted by molar-refractivity contribution is 5.73. The largest absolute Gasteiger partial charge is 0.397 e. The van der Waals surface area contributed by atoms with Crippen LogP contribution in [0.1, 0.15) is 31.2 Å². The van der Waals surface area contributed by atoms with E-state index in [1.54, 1.807) is 0 Å². The van der Waals surface area contributed by atoms with Crippen LogP contribution in [-0.4, -0.2) is 6.54 Å². The zero-order valence-electron chi connectivity index (χ0n) is 8.01. The molecule has 1 aliphatic heterocycles. The molecule has 0 saturated heterocycles. The van der Waals surface area contributed by atoms with E-state index in [2.05, 4.69) is 18.3 Å². The van der Waals surface area contributed by atoms with Crippen molar-refractivity contribution in [2.24, 2.45) is 0 Å². The molecule has 3 N–H and O–H groups in total. The highest BCUT2D eigenvalue weighted by atomic mass is 14.9. The lowest BCUT2D eigenvalue weighted by Crippen LogP contribution is -2.00. The summed E-state index contributed by atoms with van der Waals surface area (Å²) in [6, 6.07) is 6.19. The Hall–Kier alpha value is -1.18. The van der Waals surface area contributed by atoms with Gasteiger partial charge in [-0.1, -0.05) is 25.5 Å². The lowest BCUT2D eigenvalue weighted by atomic mass is 9.96. The van der Waals surface area contributed by atoms with Crippen molar-refractivity contribution >= 4 is 11.4 Å². The van der Waals surface area contributed by atoms with Gasteiger partial charge in [-0.15, -0.1) is 0 Å². The number of nitrogens with two attached hydrogens (primary N) is 1. The van der Waals surface area contributed by atoms with Gasteiger partial charge in [0.1, 0.15) is 0 Å². The fourth-order valence-corrected chi connectivity index (χ4v) is 2.07. The van der Waals surface area contributed by atoms with Crippen molar-refractivity contribution in [3.8, 4) is 0 Å². The van der Waals surface area contributed by atoms with Gasteiger partial charge in [0.05, 0.1) is 11.4 Å². The molecule has 2 heteroatoms. The average Bonchev–Trinajstić information content (AvgIpc) is 2.51. The van der Waals surface area contributed by atoms with E-state index in [1.165, 1.54) is 24.1 Å². The van der Waals surface area contributed by atoms with Crippen LogP contribution in [0.3, 0.4) is 0 Å². The van der Waals surface area contributed by atoms with Gasteiger partial charge >= 0.3 is 0 Å². The first-order valence-corrected chi connectivity index (χ1v) is 4.95. The van der Waals surface area contributed by atoms with Crippen LogP contribution in [0, 0.1) is 0 Å². The number of benzene rings is 1. The number of nitrogens with one attached hydrogen (secondary N) is 1. The highest BCUT2D eigenvalue weighted by Gasteiger charge is 2.22. The summed E-state index contributed by atoms with van der Waals surface area (Å²) in [5.74, 6) is 0.670. The summed E-state index contributed by atoms with van der Waals surface area (Å²) in [4.78, 5) is 0. The van der Waals surface area contributed by atoms with E-state index in [-0.39, 0.29) is 0 Å². The SMILES string of the molecule is CCC[C@@H]1CNc2c(N)cccc21. The van der Waals surface area contributed by atoms with Crippen LogP contribution in [-0.2, 0) is 0 Å². The topological polar surface area (TPSA) is 38.0 Å². The summed E-state index contributed by atoms with van der Waals surface area (Å²) in [5, 5.41) is 3.38. The maximum atomic E-state index is 5.87. The fraction of sp³-hybridized carbons (Fsp3) is 0.455. The smallest absolute Gasteiger partial charge is 0.0610 e. The van der Waals surface area contributed by atoms with Crippen molar-refractivity contribution < 1.29 is 0 Å². The van der Waals surface area contributed by atoms with Crippen molar-refractivity contribution in [2.45, 2.75) is 25.7 Å². The van der Waals surface area contributed by atoms with Crippen molar-refractivity contribution in [1.29, 1.82) is 0 Å². The first-order valence-electron chi connectivity index (χ1n) is 4.95. The molecule has 0 amide bonds. The molecule has 2 nitrogen and oxygen atoms in total. The van der Waals surface area contributed by atoms with E-state index in [9.17, 15) is 0 Å².